The summed E-state index contributed by atoms with van der Waals surface area (Å²) in [6.07, 6.45) is 1.50. The second-order valence-corrected chi connectivity index (χ2v) is 8.85. The molecular formula is C26H31N3O3. The van der Waals surface area contributed by atoms with E-state index < -0.39 is 0 Å². The zero-order valence-electron chi connectivity index (χ0n) is 18.7. The molecule has 0 spiro atoms. The first-order valence-electron chi connectivity index (χ1n) is 11.4. The fourth-order valence-electron chi connectivity index (χ4n) is 4.49. The van der Waals surface area contributed by atoms with Crippen LogP contribution in [0.5, 0.6) is 0 Å². The summed E-state index contributed by atoms with van der Waals surface area (Å²) in [6, 6.07) is 18.1. The summed E-state index contributed by atoms with van der Waals surface area (Å²) >= 11 is 0. The Labute approximate surface area is 189 Å². The fraction of sp³-hybridized carbons (Fsp3) is 0.423. The van der Waals surface area contributed by atoms with Gasteiger partial charge in [0.05, 0.1) is 5.92 Å². The number of hydrogen-bond acceptors (Lipinski definition) is 3. The molecule has 0 bridgehead atoms. The highest BCUT2D eigenvalue weighted by molar-refractivity contribution is 5.89. The number of hydrogen-bond donors (Lipinski definition) is 0. The summed E-state index contributed by atoms with van der Waals surface area (Å²) in [4.78, 5) is 43.5. The van der Waals surface area contributed by atoms with Gasteiger partial charge in [-0.25, -0.2) is 0 Å². The van der Waals surface area contributed by atoms with Crippen LogP contribution in [0.15, 0.2) is 54.6 Å². The lowest BCUT2D eigenvalue weighted by molar-refractivity contribution is -0.142. The highest BCUT2D eigenvalue weighted by atomic mass is 16.2. The van der Waals surface area contributed by atoms with Crippen LogP contribution in [0.3, 0.4) is 0 Å². The van der Waals surface area contributed by atoms with Gasteiger partial charge in [-0.1, -0.05) is 60.2 Å². The average molecular weight is 434 g/mol. The van der Waals surface area contributed by atoms with Crippen LogP contribution in [0.2, 0.25) is 0 Å². The van der Waals surface area contributed by atoms with Crippen molar-refractivity contribution in [2.24, 2.45) is 5.92 Å². The first-order chi connectivity index (χ1) is 15.5. The van der Waals surface area contributed by atoms with Crippen molar-refractivity contribution < 1.29 is 14.4 Å². The number of amides is 3. The Hall–Kier alpha value is -3.15. The molecule has 2 aliphatic heterocycles. The Morgan fingerprint density at radius 2 is 1.53 bits per heavy atom. The lowest BCUT2D eigenvalue weighted by Crippen LogP contribution is -2.52. The van der Waals surface area contributed by atoms with Gasteiger partial charge >= 0.3 is 0 Å². The third-order valence-electron chi connectivity index (χ3n) is 6.47. The predicted octanol–water partition coefficient (Wildman–Crippen LogP) is 2.65. The summed E-state index contributed by atoms with van der Waals surface area (Å²) in [5, 5.41) is 0. The first-order valence-corrected chi connectivity index (χ1v) is 11.4. The third kappa shape index (κ3) is 5.36. The fourth-order valence-corrected chi connectivity index (χ4v) is 4.49. The maximum atomic E-state index is 13.0. The smallest absolute Gasteiger partial charge is 0.228 e. The summed E-state index contributed by atoms with van der Waals surface area (Å²) in [5.74, 6) is -0.0597. The van der Waals surface area contributed by atoms with Crippen molar-refractivity contribution in [3.05, 3.63) is 71.3 Å². The van der Waals surface area contributed by atoms with Crippen molar-refractivity contribution in [2.75, 3.05) is 32.7 Å². The molecule has 0 radical (unpaired) electrons. The van der Waals surface area contributed by atoms with Crippen LogP contribution in [0.25, 0.3) is 0 Å². The second-order valence-electron chi connectivity index (χ2n) is 8.85. The van der Waals surface area contributed by atoms with Gasteiger partial charge in [0.25, 0.3) is 0 Å². The molecule has 6 nitrogen and oxygen atoms in total. The molecule has 2 aromatic carbocycles. The van der Waals surface area contributed by atoms with Gasteiger partial charge in [-0.05, 0) is 24.5 Å². The maximum absolute atomic E-state index is 13.0. The third-order valence-corrected chi connectivity index (χ3v) is 6.47. The number of rotatable bonds is 6. The normalized spacial score (nSPS) is 18.8. The van der Waals surface area contributed by atoms with Gasteiger partial charge in [0.15, 0.2) is 0 Å². The quantitative estimate of drug-likeness (QED) is 0.704. The van der Waals surface area contributed by atoms with E-state index in [0.29, 0.717) is 45.7 Å². The lowest BCUT2D eigenvalue weighted by Gasteiger charge is -2.36. The van der Waals surface area contributed by atoms with Crippen LogP contribution in [0.1, 0.15) is 29.5 Å². The highest BCUT2D eigenvalue weighted by Gasteiger charge is 2.37. The molecule has 0 N–H and O–H groups in total. The number of carbonyl (C=O) groups excluding carboxylic acids is 3. The topological polar surface area (TPSA) is 60.9 Å². The molecule has 2 aliphatic rings. The van der Waals surface area contributed by atoms with Gasteiger partial charge in [0.1, 0.15) is 0 Å². The van der Waals surface area contributed by atoms with Crippen LogP contribution in [0, 0.1) is 12.8 Å². The zero-order chi connectivity index (χ0) is 22.5. The van der Waals surface area contributed by atoms with Gasteiger partial charge in [0.2, 0.25) is 17.7 Å². The minimum absolute atomic E-state index is 0.0390. The second kappa shape index (κ2) is 9.98. The van der Waals surface area contributed by atoms with Crippen LogP contribution in [-0.2, 0) is 27.3 Å². The van der Waals surface area contributed by atoms with E-state index in [1.165, 1.54) is 11.1 Å². The van der Waals surface area contributed by atoms with Crippen molar-refractivity contribution in [1.29, 1.82) is 0 Å². The van der Waals surface area contributed by atoms with Crippen LogP contribution >= 0.6 is 0 Å². The van der Waals surface area contributed by atoms with Crippen molar-refractivity contribution in [2.45, 2.75) is 32.7 Å². The Bertz CT molecular complexity index is 950. The Morgan fingerprint density at radius 1 is 0.875 bits per heavy atom. The Kier molecular flexibility index (Phi) is 6.88. The van der Waals surface area contributed by atoms with Crippen molar-refractivity contribution >= 4 is 17.7 Å². The zero-order valence-corrected chi connectivity index (χ0v) is 18.7. The van der Waals surface area contributed by atoms with E-state index in [4.69, 9.17) is 0 Å². The van der Waals surface area contributed by atoms with Crippen LogP contribution in [0.4, 0.5) is 0 Å². The molecule has 4 rings (SSSR count). The van der Waals surface area contributed by atoms with E-state index in [2.05, 4.69) is 31.2 Å². The minimum Gasteiger partial charge on any atom is -0.339 e. The molecule has 2 fully saturated rings. The Morgan fingerprint density at radius 3 is 2.22 bits per heavy atom. The molecule has 1 unspecified atom stereocenters. The molecule has 32 heavy (non-hydrogen) atoms. The van der Waals surface area contributed by atoms with Crippen LogP contribution in [-0.4, -0.2) is 65.1 Å². The van der Waals surface area contributed by atoms with Gasteiger partial charge < -0.3 is 14.7 Å². The molecule has 6 heteroatoms. The number of aryl methyl sites for hydroxylation is 2. The standard InChI is InChI=1S/C26H31N3O3/c1-20-7-9-21(10-8-20)11-12-24(30)27-13-15-28(16-14-27)26(32)23-17-25(31)29(19-23)18-22-5-3-2-4-6-22/h2-10,23H,11-19H2,1H3. The number of benzene rings is 2. The number of likely N-dealkylation sites (tertiary alicyclic amines) is 1. The molecule has 168 valence electrons. The van der Waals surface area contributed by atoms with Gasteiger partial charge in [0, 0.05) is 52.1 Å². The maximum Gasteiger partial charge on any atom is 0.228 e. The molecule has 3 amide bonds. The number of carbonyl (C=O) groups is 3. The summed E-state index contributed by atoms with van der Waals surface area (Å²) < 4.78 is 0. The van der Waals surface area contributed by atoms with E-state index in [1.54, 1.807) is 4.90 Å². The number of piperazine rings is 1. The largest absolute Gasteiger partial charge is 0.339 e. The van der Waals surface area contributed by atoms with E-state index >= 15 is 0 Å². The predicted molar refractivity (Wildman–Crippen MR) is 123 cm³/mol. The summed E-state index contributed by atoms with van der Waals surface area (Å²) in [6.45, 7) is 5.28. The van der Waals surface area contributed by atoms with Crippen molar-refractivity contribution in [3.8, 4) is 0 Å². The summed E-state index contributed by atoms with van der Waals surface area (Å²) in [7, 11) is 0. The molecule has 1 atom stereocenters. The molecule has 0 saturated carbocycles. The molecule has 0 aromatic heterocycles. The first kappa shape index (κ1) is 22.1. The van der Waals surface area contributed by atoms with Gasteiger partial charge in [-0.2, -0.15) is 0 Å². The minimum atomic E-state index is -0.282. The van der Waals surface area contributed by atoms with E-state index in [0.717, 1.165) is 12.0 Å². The molecule has 0 aliphatic carbocycles. The monoisotopic (exact) mass is 433 g/mol. The van der Waals surface area contributed by atoms with Gasteiger partial charge in [-0.3, -0.25) is 14.4 Å². The van der Waals surface area contributed by atoms with Crippen molar-refractivity contribution in [3.63, 3.8) is 0 Å². The molecule has 2 heterocycles. The number of nitrogens with zero attached hydrogens (tertiary/aromatic N) is 3. The van der Waals surface area contributed by atoms with Gasteiger partial charge in [-0.15, -0.1) is 0 Å². The lowest BCUT2D eigenvalue weighted by atomic mass is 10.1. The highest BCUT2D eigenvalue weighted by Crippen LogP contribution is 2.23. The van der Waals surface area contributed by atoms with E-state index in [9.17, 15) is 14.4 Å². The molecular weight excluding hydrogens is 402 g/mol. The van der Waals surface area contributed by atoms with E-state index in [1.807, 2.05) is 40.1 Å². The van der Waals surface area contributed by atoms with E-state index in [-0.39, 0.29) is 30.1 Å². The Balaban J connectivity index is 1.23. The molecule has 2 aromatic rings. The average Bonchev–Trinajstić information content (AvgIpc) is 3.19. The summed E-state index contributed by atoms with van der Waals surface area (Å²) in [5.41, 5.74) is 3.46. The molecule has 2 saturated heterocycles. The van der Waals surface area contributed by atoms with Crippen LogP contribution < -0.4 is 0 Å². The SMILES string of the molecule is Cc1ccc(CCC(=O)N2CCN(C(=O)C3CC(=O)N(Cc4ccccc4)C3)CC2)cc1. The van der Waals surface area contributed by atoms with Crippen molar-refractivity contribution in [1.82, 2.24) is 14.7 Å².